The van der Waals surface area contributed by atoms with Crippen molar-refractivity contribution in [2.45, 2.75) is 6.92 Å². The van der Waals surface area contributed by atoms with Gasteiger partial charge in [-0.2, -0.15) is 0 Å². The number of carbonyl (C=O) groups excluding carboxylic acids is 1. The van der Waals surface area contributed by atoms with Crippen LogP contribution >= 0.6 is 0 Å². The van der Waals surface area contributed by atoms with Crippen LogP contribution in [0.3, 0.4) is 0 Å². The molecule has 5 heteroatoms. The van der Waals surface area contributed by atoms with Crippen LogP contribution < -0.4 is 10.1 Å². The summed E-state index contributed by atoms with van der Waals surface area (Å²) in [5.41, 5.74) is 2.70. The summed E-state index contributed by atoms with van der Waals surface area (Å²) in [7, 11) is 0. The van der Waals surface area contributed by atoms with E-state index >= 15 is 0 Å². The highest BCUT2D eigenvalue weighted by molar-refractivity contribution is 6.04. The smallest absolute Gasteiger partial charge is 0.275 e. The molecule has 2 heterocycles. The standard InChI is InChI=1S/C21H17N3O2/c1-15-8-7-13-20-22-18(14-24(15)20)21(25)23-17-11-5-6-12-19(17)26-16-9-3-2-4-10-16/h2-14H,1H3,(H,23,25). The molecule has 0 aliphatic rings. The fourth-order valence-electron chi connectivity index (χ4n) is 2.72. The van der Waals surface area contributed by atoms with Crippen LogP contribution in [0.4, 0.5) is 5.69 Å². The van der Waals surface area contributed by atoms with Crippen LogP contribution in [0.2, 0.25) is 0 Å². The number of nitrogens with zero attached hydrogens (tertiary/aromatic N) is 2. The van der Waals surface area contributed by atoms with Crippen molar-refractivity contribution in [2.24, 2.45) is 0 Å². The van der Waals surface area contributed by atoms with E-state index in [1.807, 2.05) is 78.1 Å². The Bertz CT molecular complexity index is 1070. The molecular formula is C21H17N3O2. The third kappa shape index (κ3) is 3.15. The maximum absolute atomic E-state index is 12.7. The average molecular weight is 343 g/mol. The first-order valence-corrected chi connectivity index (χ1v) is 8.29. The molecule has 0 aliphatic heterocycles. The quantitative estimate of drug-likeness (QED) is 0.585. The van der Waals surface area contributed by atoms with Gasteiger partial charge in [-0.1, -0.05) is 36.4 Å². The van der Waals surface area contributed by atoms with E-state index in [1.54, 1.807) is 12.3 Å². The number of aryl methyl sites for hydroxylation is 1. The van der Waals surface area contributed by atoms with E-state index in [9.17, 15) is 4.79 Å². The summed E-state index contributed by atoms with van der Waals surface area (Å²) in [6, 6.07) is 22.5. The summed E-state index contributed by atoms with van der Waals surface area (Å²) in [4.78, 5) is 17.1. The highest BCUT2D eigenvalue weighted by Crippen LogP contribution is 2.29. The van der Waals surface area contributed by atoms with Gasteiger partial charge in [0.25, 0.3) is 5.91 Å². The van der Waals surface area contributed by atoms with Crippen molar-refractivity contribution in [1.82, 2.24) is 9.38 Å². The minimum atomic E-state index is -0.280. The van der Waals surface area contributed by atoms with Crippen LogP contribution in [0, 0.1) is 6.92 Å². The van der Waals surface area contributed by atoms with E-state index < -0.39 is 0 Å². The lowest BCUT2D eigenvalue weighted by atomic mass is 10.2. The number of imidazole rings is 1. The number of hydrogen-bond acceptors (Lipinski definition) is 3. The minimum Gasteiger partial charge on any atom is -0.455 e. The second-order valence-corrected chi connectivity index (χ2v) is 5.89. The molecule has 1 N–H and O–H groups in total. The van der Waals surface area contributed by atoms with E-state index in [1.165, 1.54) is 0 Å². The van der Waals surface area contributed by atoms with E-state index in [0.717, 1.165) is 11.3 Å². The SMILES string of the molecule is Cc1cccc2nc(C(=O)Nc3ccccc3Oc3ccccc3)cn12. The molecule has 5 nitrogen and oxygen atoms in total. The van der Waals surface area contributed by atoms with Crippen LogP contribution in [0.5, 0.6) is 11.5 Å². The first-order chi connectivity index (χ1) is 12.7. The topological polar surface area (TPSA) is 55.6 Å². The highest BCUT2D eigenvalue weighted by atomic mass is 16.5. The second kappa shape index (κ2) is 6.72. The number of ether oxygens (including phenoxy) is 1. The summed E-state index contributed by atoms with van der Waals surface area (Å²) < 4.78 is 7.77. The van der Waals surface area contributed by atoms with Gasteiger partial charge < -0.3 is 14.5 Å². The number of pyridine rings is 1. The normalized spacial score (nSPS) is 10.7. The molecule has 128 valence electrons. The Morgan fingerprint density at radius 1 is 0.962 bits per heavy atom. The van der Waals surface area contributed by atoms with Gasteiger partial charge in [0.05, 0.1) is 5.69 Å². The fraction of sp³-hybridized carbons (Fsp3) is 0.0476. The summed E-state index contributed by atoms with van der Waals surface area (Å²) in [6.45, 7) is 1.97. The number of rotatable bonds is 4. The van der Waals surface area contributed by atoms with Gasteiger partial charge in [-0.15, -0.1) is 0 Å². The van der Waals surface area contributed by atoms with Crippen LogP contribution in [0.1, 0.15) is 16.2 Å². The number of anilines is 1. The lowest BCUT2D eigenvalue weighted by molar-refractivity contribution is 0.102. The van der Waals surface area contributed by atoms with Gasteiger partial charge in [0.15, 0.2) is 5.75 Å². The molecule has 0 bridgehead atoms. The number of fused-ring (bicyclic) bond motifs is 1. The van der Waals surface area contributed by atoms with E-state index in [0.29, 0.717) is 22.9 Å². The van der Waals surface area contributed by atoms with E-state index in [-0.39, 0.29) is 5.91 Å². The van der Waals surface area contributed by atoms with Gasteiger partial charge in [0.2, 0.25) is 0 Å². The molecule has 0 saturated heterocycles. The maximum atomic E-state index is 12.7. The maximum Gasteiger partial charge on any atom is 0.275 e. The monoisotopic (exact) mass is 343 g/mol. The van der Waals surface area contributed by atoms with Crippen molar-refractivity contribution in [3.8, 4) is 11.5 Å². The average Bonchev–Trinajstić information content (AvgIpc) is 3.10. The van der Waals surface area contributed by atoms with Crippen molar-refractivity contribution < 1.29 is 9.53 Å². The first-order valence-electron chi connectivity index (χ1n) is 8.29. The second-order valence-electron chi connectivity index (χ2n) is 5.89. The van der Waals surface area contributed by atoms with Crippen LogP contribution in [0.25, 0.3) is 5.65 Å². The predicted octanol–water partition coefficient (Wildman–Crippen LogP) is 4.69. The Labute approximate surface area is 150 Å². The molecule has 4 rings (SSSR count). The molecule has 4 aromatic rings. The number of benzene rings is 2. The third-order valence-electron chi connectivity index (χ3n) is 4.03. The Morgan fingerprint density at radius 2 is 1.73 bits per heavy atom. The summed E-state index contributed by atoms with van der Waals surface area (Å²) >= 11 is 0. The van der Waals surface area contributed by atoms with Gasteiger partial charge in [0.1, 0.15) is 17.1 Å². The fourth-order valence-corrected chi connectivity index (χ4v) is 2.72. The number of hydrogen-bond donors (Lipinski definition) is 1. The molecule has 0 atom stereocenters. The number of amides is 1. The van der Waals surface area contributed by atoms with E-state index in [4.69, 9.17) is 4.74 Å². The lowest BCUT2D eigenvalue weighted by Crippen LogP contribution is -2.12. The Morgan fingerprint density at radius 3 is 2.54 bits per heavy atom. The van der Waals surface area contributed by atoms with Gasteiger partial charge in [-0.3, -0.25) is 4.79 Å². The highest BCUT2D eigenvalue weighted by Gasteiger charge is 2.14. The number of para-hydroxylation sites is 3. The van der Waals surface area contributed by atoms with Crippen molar-refractivity contribution in [2.75, 3.05) is 5.32 Å². The molecule has 0 fully saturated rings. The number of aromatic nitrogens is 2. The Hall–Kier alpha value is -3.60. The van der Waals surface area contributed by atoms with Crippen molar-refractivity contribution in [1.29, 1.82) is 0 Å². The van der Waals surface area contributed by atoms with Crippen LogP contribution in [-0.4, -0.2) is 15.3 Å². The predicted molar refractivity (Wildman–Crippen MR) is 101 cm³/mol. The zero-order valence-corrected chi connectivity index (χ0v) is 14.2. The lowest BCUT2D eigenvalue weighted by Gasteiger charge is -2.11. The molecule has 0 spiro atoms. The molecule has 0 saturated carbocycles. The molecular weight excluding hydrogens is 326 g/mol. The zero-order valence-electron chi connectivity index (χ0n) is 14.2. The first kappa shape index (κ1) is 15.9. The summed E-state index contributed by atoms with van der Waals surface area (Å²) in [6.07, 6.45) is 1.74. The molecule has 2 aromatic carbocycles. The summed E-state index contributed by atoms with van der Waals surface area (Å²) in [5.74, 6) is 1.00. The molecule has 1 amide bonds. The zero-order chi connectivity index (χ0) is 17.9. The van der Waals surface area contributed by atoms with E-state index in [2.05, 4.69) is 10.3 Å². The molecule has 0 aliphatic carbocycles. The third-order valence-corrected chi connectivity index (χ3v) is 4.03. The van der Waals surface area contributed by atoms with Crippen molar-refractivity contribution in [3.63, 3.8) is 0 Å². The summed E-state index contributed by atoms with van der Waals surface area (Å²) in [5, 5.41) is 2.89. The van der Waals surface area contributed by atoms with Gasteiger partial charge in [-0.25, -0.2) is 4.98 Å². The van der Waals surface area contributed by atoms with Crippen molar-refractivity contribution >= 4 is 17.2 Å². The van der Waals surface area contributed by atoms with Gasteiger partial charge >= 0.3 is 0 Å². The minimum absolute atomic E-state index is 0.280. The van der Waals surface area contributed by atoms with Gasteiger partial charge in [0, 0.05) is 11.9 Å². The number of nitrogens with one attached hydrogen (secondary N) is 1. The number of carbonyl (C=O) groups is 1. The van der Waals surface area contributed by atoms with Crippen molar-refractivity contribution in [3.05, 3.63) is 90.4 Å². The van der Waals surface area contributed by atoms with Gasteiger partial charge in [-0.05, 0) is 43.3 Å². The molecule has 26 heavy (non-hydrogen) atoms. The molecule has 0 unspecified atom stereocenters. The Balaban J connectivity index is 1.60. The van der Waals surface area contributed by atoms with Crippen LogP contribution in [-0.2, 0) is 0 Å². The largest absolute Gasteiger partial charge is 0.455 e. The molecule has 0 radical (unpaired) electrons. The van der Waals surface area contributed by atoms with Crippen LogP contribution in [0.15, 0.2) is 79.0 Å². The Kier molecular flexibility index (Phi) is 4.11. The molecule has 2 aromatic heterocycles.